The summed E-state index contributed by atoms with van der Waals surface area (Å²) in [4.78, 5) is 12.8. The van der Waals surface area contributed by atoms with Crippen LogP contribution in [-0.2, 0) is 9.53 Å². The zero-order valence-electron chi connectivity index (χ0n) is 8.61. The molecule has 0 radical (unpaired) electrons. The first-order valence-electron chi connectivity index (χ1n) is 4.83. The lowest BCUT2D eigenvalue weighted by Crippen LogP contribution is -2.38. The minimum Gasteiger partial charge on any atom is -0.395 e. The Morgan fingerprint density at radius 1 is 1.29 bits per heavy atom. The first-order chi connectivity index (χ1) is 6.76. The van der Waals surface area contributed by atoms with Crippen LogP contribution in [0.15, 0.2) is 0 Å². The molecule has 0 atom stereocenters. The highest BCUT2D eigenvalue weighted by Gasteiger charge is 2.11. The van der Waals surface area contributed by atoms with Crippen molar-refractivity contribution in [2.75, 3.05) is 39.5 Å². The van der Waals surface area contributed by atoms with E-state index in [0.717, 1.165) is 6.42 Å². The smallest absolute Gasteiger partial charge is 0.248 e. The first kappa shape index (κ1) is 13.4. The summed E-state index contributed by atoms with van der Waals surface area (Å²) in [6.45, 7) is 2.83. The fourth-order valence-electron chi connectivity index (χ4n) is 0.998. The van der Waals surface area contributed by atoms with Gasteiger partial charge in [-0.1, -0.05) is 6.92 Å². The van der Waals surface area contributed by atoms with Gasteiger partial charge in [0.05, 0.1) is 13.2 Å². The molecule has 0 aromatic rings. The van der Waals surface area contributed by atoms with E-state index in [1.165, 1.54) is 4.90 Å². The van der Waals surface area contributed by atoms with Crippen molar-refractivity contribution >= 4 is 5.91 Å². The van der Waals surface area contributed by atoms with E-state index < -0.39 is 0 Å². The molecule has 0 aromatic heterocycles. The lowest BCUT2D eigenvalue weighted by molar-refractivity contribution is -0.137. The normalized spacial score (nSPS) is 10.2. The fraction of sp³-hybridized carbons (Fsp3) is 0.889. The summed E-state index contributed by atoms with van der Waals surface area (Å²) < 4.78 is 5.06. The van der Waals surface area contributed by atoms with Crippen molar-refractivity contribution in [3.63, 3.8) is 0 Å². The van der Waals surface area contributed by atoms with E-state index in [9.17, 15) is 4.79 Å². The fourth-order valence-corrected chi connectivity index (χ4v) is 0.998. The molecule has 0 saturated carbocycles. The monoisotopic (exact) mass is 205 g/mol. The molecule has 2 N–H and O–H groups in total. The van der Waals surface area contributed by atoms with Crippen molar-refractivity contribution in [2.24, 2.45) is 0 Å². The predicted molar refractivity (Wildman–Crippen MR) is 51.9 cm³/mol. The number of aliphatic hydroxyl groups is 2. The Hall–Kier alpha value is -0.650. The molecule has 0 spiro atoms. The number of rotatable bonds is 8. The molecule has 0 aromatic carbocycles. The Balaban J connectivity index is 3.76. The third-order valence-electron chi connectivity index (χ3n) is 1.67. The van der Waals surface area contributed by atoms with Gasteiger partial charge in [-0.25, -0.2) is 0 Å². The lowest BCUT2D eigenvalue weighted by atomic mass is 10.4. The van der Waals surface area contributed by atoms with Crippen LogP contribution in [0.2, 0.25) is 0 Å². The van der Waals surface area contributed by atoms with Crippen LogP contribution in [0.3, 0.4) is 0 Å². The molecule has 0 saturated heterocycles. The molecule has 0 heterocycles. The van der Waals surface area contributed by atoms with Crippen molar-refractivity contribution < 1.29 is 19.7 Å². The second kappa shape index (κ2) is 8.93. The topological polar surface area (TPSA) is 70.0 Å². The predicted octanol–water partition coefficient (Wildman–Crippen LogP) is -0.774. The summed E-state index contributed by atoms with van der Waals surface area (Å²) in [5.41, 5.74) is 0. The van der Waals surface area contributed by atoms with Gasteiger partial charge in [-0.2, -0.15) is 0 Å². The highest BCUT2D eigenvalue weighted by molar-refractivity contribution is 5.77. The molecule has 0 aliphatic heterocycles. The van der Waals surface area contributed by atoms with Gasteiger partial charge in [0, 0.05) is 19.7 Å². The quantitative estimate of drug-likeness (QED) is 0.510. The van der Waals surface area contributed by atoms with Crippen LogP contribution < -0.4 is 0 Å². The van der Waals surface area contributed by atoms with E-state index in [0.29, 0.717) is 6.61 Å². The summed E-state index contributed by atoms with van der Waals surface area (Å²) in [6, 6.07) is 0. The van der Waals surface area contributed by atoms with Gasteiger partial charge in [-0.15, -0.1) is 0 Å². The molecule has 0 unspecified atom stereocenters. The third kappa shape index (κ3) is 5.90. The number of nitrogens with zero attached hydrogens (tertiary/aromatic N) is 1. The van der Waals surface area contributed by atoms with E-state index in [1.807, 2.05) is 6.92 Å². The molecule has 14 heavy (non-hydrogen) atoms. The zero-order valence-corrected chi connectivity index (χ0v) is 8.61. The molecule has 5 nitrogen and oxygen atoms in total. The SMILES string of the molecule is CCCOCC(=O)N(CCO)CCO. The first-order valence-corrected chi connectivity index (χ1v) is 4.83. The maximum absolute atomic E-state index is 11.4. The molecule has 0 fully saturated rings. The molecule has 0 rings (SSSR count). The molecule has 1 amide bonds. The van der Waals surface area contributed by atoms with E-state index in [4.69, 9.17) is 14.9 Å². The Morgan fingerprint density at radius 3 is 2.29 bits per heavy atom. The van der Waals surface area contributed by atoms with E-state index in [1.54, 1.807) is 0 Å². The van der Waals surface area contributed by atoms with Crippen LogP contribution in [0.25, 0.3) is 0 Å². The van der Waals surface area contributed by atoms with Crippen LogP contribution in [0.1, 0.15) is 13.3 Å². The largest absolute Gasteiger partial charge is 0.395 e. The van der Waals surface area contributed by atoms with Gasteiger partial charge in [0.2, 0.25) is 5.91 Å². The van der Waals surface area contributed by atoms with Gasteiger partial charge in [0.25, 0.3) is 0 Å². The van der Waals surface area contributed by atoms with E-state index in [2.05, 4.69) is 0 Å². The van der Waals surface area contributed by atoms with Crippen LogP contribution in [0, 0.1) is 0 Å². The molecular formula is C9H19NO4. The van der Waals surface area contributed by atoms with Crippen molar-refractivity contribution in [1.82, 2.24) is 4.90 Å². The van der Waals surface area contributed by atoms with E-state index in [-0.39, 0.29) is 38.8 Å². The number of amides is 1. The highest BCUT2D eigenvalue weighted by Crippen LogP contribution is 1.91. The van der Waals surface area contributed by atoms with Gasteiger partial charge in [0.1, 0.15) is 6.61 Å². The standard InChI is InChI=1S/C9H19NO4/c1-2-7-14-8-9(13)10(3-5-11)4-6-12/h11-12H,2-8H2,1H3. The lowest BCUT2D eigenvalue weighted by Gasteiger charge is -2.20. The average molecular weight is 205 g/mol. The van der Waals surface area contributed by atoms with Crippen molar-refractivity contribution in [3.8, 4) is 0 Å². The van der Waals surface area contributed by atoms with Crippen LogP contribution in [0.4, 0.5) is 0 Å². The number of ether oxygens (including phenoxy) is 1. The molecule has 84 valence electrons. The second-order valence-electron chi connectivity index (χ2n) is 2.88. The van der Waals surface area contributed by atoms with Crippen molar-refractivity contribution in [3.05, 3.63) is 0 Å². The average Bonchev–Trinajstić information content (AvgIpc) is 2.18. The van der Waals surface area contributed by atoms with Gasteiger partial charge in [-0.05, 0) is 6.42 Å². The Bertz CT molecular complexity index is 146. The van der Waals surface area contributed by atoms with Crippen molar-refractivity contribution in [2.45, 2.75) is 13.3 Å². The number of carbonyl (C=O) groups excluding carboxylic acids is 1. The molecular weight excluding hydrogens is 186 g/mol. The van der Waals surface area contributed by atoms with Crippen LogP contribution in [0.5, 0.6) is 0 Å². The van der Waals surface area contributed by atoms with Gasteiger partial charge >= 0.3 is 0 Å². The maximum atomic E-state index is 11.4. The number of carbonyl (C=O) groups is 1. The summed E-state index contributed by atoms with van der Waals surface area (Å²) in [7, 11) is 0. The summed E-state index contributed by atoms with van der Waals surface area (Å²) >= 11 is 0. The Morgan fingerprint density at radius 2 is 1.86 bits per heavy atom. The minimum atomic E-state index is -0.193. The highest BCUT2D eigenvalue weighted by atomic mass is 16.5. The molecule has 0 aliphatic carbocycles. The number of hydrogen-bond acceptors (Lipinski definition) is 4. The zero-order chi connectivity index (χ0) is 10.8. The van der Waals surface area contributed by atoms with Crippen molar-refractivity contribution in [1.29, 1.82) is 0 Å². The molecule has 0 aliphatic rings. The summed E-state index contributed by atoms with van der Waals surface area (Å²) in [5.74, 6) is -0.193. The van der Waals surface area contributed by atoms with Crippen LogP contribution >= 0.6 is 0 Å². The van der Waals surface area contributed by atoms with Gasteiger partial charge in [-0.3, -0.25) is 4.79 Å². The van der Waals surface area contributed by atoms with Gasteiger partial charge < -0.3 is 19.8 Å². The second-order valence-corrected chi connectivity index (χ2v) is 2.88. The Kier molecular flexibility index (Phi) is 8.51. The van der Waals surface area contributed by atoms with Crippen LogP contribution in [-0.4, -0.2) is 60.5 Å². The summed E-state index contributed by atoms with van der Waals surface area (Å²) in [5, 5.41) is 17.3. The third-order valence-corrected chi connectivity index (χ3v) is 1.67. The summed E-state index contributed by atoms with van der Waals surface area (Å²) in [6.07, 6.45) is 0.868. The number of aliphatic hydroxyl groups excluding tert-OH is 2. The Labute approximate surface area is 84.3 Å². The van der Waals surface area contributed by atoms with Gasteiger partial charge in [0.15, 0.2) is 0 Å². The maximum Gasteiger partial charge on any atom is 0.248 e. The minimum absolute atomic E-state index is 0.0217. The molecule has 0 bridgehead atoms. The number of hydrogen-bond donors (Lipinski definition) is 2. The molecule has 5 heteroatoms. The van der Waals surface area contributed by atoms with E-state index >= 15 is 0 Å².